The smallest absolute Gasteiger partial charge is 0.344 e. The molecule has 5 nitrogen and oxygen atoms in total. The van der Waals surface area contributed by atoms with Gasteiger partial charge in [-0.05, 0) is 23.5 Å². The number of para-hydroxylation sites is 1. The zero-order valence-corrected chi connectivity index (χ0v) is 10.5. The first-order chi connectivity index (χ1) is 8.20. The second kappa shape index (κ2) is 5.15. The maximum Gasteiger partial charge on any atom is 0.344 e. The molecule has 0 aliphatic carbocycles. The van der Waals surface area contributed by atoms with E-state index in [1.54, 1.807) is 7.11 Å². The molecule has 0 amide bonds. The maximum absolute atomic E-state index is 10.5. The lowest BCUT2D eigenvalue weighted by molar-refractivity contribution is -0.380. The Morgan fingerprint density at radius 3 is 2.88 bits per heavy atom. The average molecular weight is 268 g/mol. The molecule has 0 fully saturated rings. The van der Waals surface area contributed by atoms with Crippen molar-refractivity contribution < 1.29 is 9.66 Å². The Bertz CT molecular complexity index is 542. The van der Waals surface area contributed by atoms with Crippen LogP contribution in [0.1, 0.15) is 0 Å². The molecule has 2 aromatic rings. The van der Waals surface area contributed by atoms with E-state index in [-0.39, 0.29) is 5.00 Å². The number of nitro groups is 1. The van der Waals surface area contributed by atoms with Crippen molar-refractivity contribution in [3.05, 3.63) is 40.6 Å². The van der Waals surface area contributed by atoms with Crippen LogP contribution in [0.15, 0.2) is 39.7 Å². The number of ether oxygens (including phenoxy) is 1. The van der Waals surface area contributed by atoms with Gasteiger partial charge in [0.25, 0.3) is 0 Å². The third-order valence-corrected chi connectivity index (χ3v) is 4.00. The second-order valence-corrected chi connectivity index (χ2v) is 5.27. The summed E-state index contributed by atoms with van der Waals surface area (Å²) in [5, 5.41) is 10.6. The Labute approximate surface area is 106 Å². The molecule has 0 saturated heterocycles. The maximum atomic E-state index is 10.5. The summed E-state index contributed by atoms with van der Waals surface area (Å²) in [4.78, 5) is 15.0. The molecule has 0 bridgehead atoms. The van der Waals surface area contributed by atoms with Crippen molar-refractivity contribution in [2.45, 2.75) is 9.24 Å². The van der Waals surface area contributed by atoms with E-state index in [0.29, 0.717) is 4.34 Å². The molecule has 1 aromatic carbocycles. The fourth-order valence-electron chi connectivity index (χ4n) is 1.18. The second-order valence-electron chi connectivity index (χ2n) is 2.97. The summed E-state index contributed by atoms with van der Waals surface area (Å²) >= 11 is 2.41. The van der Waals surface area contributed by atoms with Crippen molar-refractivity contribution in [2.75, 3.05) is 7.11 Å². The molecule has 7 heteroatoms. The molecule has 1 aromatic heterocycles. The van der Waals surface area contributed by atoms with Crippen molar-refractivity contribution in [1.29, 1.82) is 0 Å². The Morgan fingerprint density at radius 1 is 1.47 bits per heavy atom. The number of benzene rings is 1. The first kappa shape index (κ1) is 11.9. The first-order valence-electron chi connectivity index (χ1n) is 4.62. The number of rotatable bonds is 4. The van der Waals surface area contributed by atoms with Gasteiger partial charge < -0.3 is 4.74 Å². The summed E-state index contributed by atoms with van der Waals surface area (Å²) in [6.45, 7) is 0. The van der Waals surface area contributed by atoms with E-state index >= 15 is 0 Å². The van der Waals surface area contributed by atoms with Crippen LogP contribution in [0, 0.1) is 10.1 Å². The summed E-state index contributed by atoms with van der Waals surface area (Å²) in [5.74, 6) is 0.732. The molecule has 1 heterocycles. The summed E-state index contributed by atoms with van der Waals surface area (Å²) in [6.07, 6.45) is 1.27. The van der Waals surface area contributed by atoms with Crippen LogP contribution >= 0.6 is 23.1 Å². The van der Waals surface area contributed by atoms with Crippen LogP contribution in [0.3, 0.4) is 0 Å². The molecule has 0 atom stereocenters. The van der Waals surface area contributed by atoms with Crippen molar-refractivity contribution in [3.63, 3.8) is 0 Å². The molecule has 0 spiro atoms. The molecule has 0 radical (unpaired) electrons. The lowest BCUT2D eigenvalue weighted by atomic mass is 10.3. The van der Waals surface area contributed by atoms with Crippen LogP contribution in [-0.4, -0.2) is 17.0 Å². The number of methoxy groups -OCH3 is 1. The Morgan fingerprint density at radius 2 is 2.24 bits per heavy atom. The minimum atomic E-state index is -0.441. The first-order valence-corrected chi connectivity index (χ1v) is 6.25. The fourth-order valence-corrected chi connectivity index (χ4v) is 3.03. The van der Waals surface area contributed by atoms with Crippen LogP contribution in [0.25, 0.3) is 0 Å². The predicted octanol–water partition coefficient (Wildman–Crippen LogP) is 3.21. The van der Waals surface area contributed by atoms with Gasteiger partial charge in [-0.2, -0.15) is 0 Å². The number of hydrogen-bond acceptors (Lipinski definition) is 6. The summed E-state index contributed by atoms with van der Waals surface area (Å²) in [7, 11) is 1.59. The highest BCUT2D eigenvalue weighted by atomic mass is 32.2. The zero-order chi connectivity index (χ0) is 12.3. The minimum absolute atomic E-state index is 0.0439. The van der Waals surface area contributed by atoms with Gasteiger partial charge in [0.15, 0.2) is 4.34 Å². The SMILES string of the molecule is COc1ccccc1Sc1ncc([N+](=O)[O-])s1. The van der Waals surface area contributed by atoms with E-state index in [9.17, 15) is 10.1 Å². The van der Waals surface area contributed by atoms with Crippen molar-refractivity contribution in [1.82, 2.24) is 4.98 Å². The zero-order valence-electron chi connectivity index (χ0n) is 8.82. The topological polar surface area (TPSA) is 65.3 Å². The van der Waals surface area contributed by atoms with Crippen LogP contribution < -0.4 is 4.74 Å². The molecule has 0 saturated carbocycles. The van der Waals surface area contributed by atoms with Crippen LogP contribution in [0.2, 0.25) is 0 Å². The van der Waals surface area contributed by atoms with Crippen molar-refractivity contribution >= 4 is 28.1 Å². The molecule has 0 unspecified atom stereocenters. The number of nitrogens with zero attached hydrogens (tertiary/aromatic N) is 2. The van der Waals surface area contributed by atoms with E-state index in [4.69, 9.17) is 4.74 Å². The fraction of sp³-hybridized carbons (Fsp3) is 0.100. The van der Waals surface area contributed by atoms with E-state index in [0.717, 1.165) is 22.0 Å². The van der Waals surface area contributed by atoms with Gasteiger partial charge in [-0.1, -0.05) is 23.9 Å². The van der Waals surface area contributed by atoms with Crippen molar-refractivity contribution in [2.24, 2.45) is 0 Å². The summed E-state index contributed by atoms with van der Waals surface area (Å²) in [6, 6.07) is 7.47. The van der Waals surface area contributed by atoms with E-state index in [2.05, 4.69) is 4.98 Å². The van der Waals surface area contributed by atoms with E-state index < -0.39 is 4.92 Å². The molecular formula is C10H8N2O3S2. The monoisotopic (exact) mass is 268 g/mol. The summed E-state index contributed by atoms with van der Waals surface area (Å²) < 4.78 is 5.82. The third-order valence-electron chi connectivity index (χ3n) is 1.92. The lowest BCUT2D eigenvalue weighted by Gasteiger charge is -2.04. The van der Waals surface area contributed by atoms with Gasteiger partial charge in [-0.25, -0.2) is 4.98 Å². The highest BCUT2D eigenvalue weighted by molar-refractivity contribution is 8.01. The predicted molar refractivity (Wildman–Crippen MR) is 65.9 cm³/mol. The van der Waals surface area contributed by atoms with Gasteiger partial charge in [-0.3, -0.25) is 10.1 Å². The van der Waals surface area contributed by atoms with Gasteiger partial charge >= 0.3 is 5.00 Å². The quantitative estimate of drug-likeness (QED) is 0.629. The molecule has 2 rings (SSSR count). The number of hydrogen-bond donors (Lipinski definition) is 0. The highest BCUT2D eigenvalue weighted by Gasteiger charge is 2.13. The van der Waals surface area contributed by atoms with E-state index in [1.807, 2.05) is 24.3 Å². The average Bonchev–Trinajstić information content (AvgIpc) is 2.78. The Kier molecular flexibility index (Phi) is 3.60. The van der Waals surface area contributed by atoms with E-state index in [1.165, 1.54) is 18.0 Å². The number of aromatic nitrogens is 1. The van der Waals surface area contributed by atoms with Gasteiger partial charge in [-0.15, -0.1) is 0 Å². The van der Waals surface area contributed by atoms with Crippen LogP contribution in [0.4, 0.5) is 5.00 Å². The Balaban J connectivity index is 2.22. The molecule has 17 heavy (non-hydrogen) atoms. The van der Waals surface area contributed by atoms with Crippen LogP contribution in [-0.2, 0) is 0 Å². The molecular weight excluding hydrogens is 260 g/mol. The molecule has 0 aliphatic rings. The van der Waals surface area contributed by atoms with Gasteiger partial charge in [0.05, 0.1) is 16.9 Å². The Hall–Kier alpha value is -1.60. The van der Waals surface area contributed by atoms with Gasteiger partial charge in [0, 0.05) is 0 Å². The number of thiazole rings is 1. The highest BCUT2D eigenvalue weighted by Crippen LogP contribution is 2.38. The van der Waals surface area contributed by atoms with Crippen molar-refractivity contribution in [3.8, 4) is 5.75 Å². The summed E-state index contributed by atoms with van der Waals surface area (Å²) in [5.41, 5.74) is 0. The third kappa shape index (κ3) is 2.75. The van der Waals surface area contributed by atoms with Gasteiger partial charge in [0.1, 0.15) is 11.9 Å². The van der Waals surface area contributed by atoms with Crippen LogP contribution in [0.5, 0.6) is 5.75 Å². The van der Waals surface area contributed by atoms with Gasteiger partial charge in [0.2, 0.25) is 0 Å². The largest absolute Gasteiger partial charge is 0.496 e. The minimum Gasteiger partial charge on any atom is -0.496 e. The lowest BCUT2D eigenvalue weighted by Crippen LogP contribution is -1.84. The molecule has 0 aliphatic heterocycles. The molecule has 0 N–H and O–H groups in total. The molecule has 88 valence electrons. The normalized spacial score (nSPS) is 10.2. The standard InChI is InChI=1S/C10H8N2O3S2/c1-15-7-4-2-3-5-8(7)16-10-11-6-9(17-10)12(13)14/h2-6H,1H3.